The highest BCUT2D eigenvalue weighted by Crippen LogP contribution is 2.19. The van der Waals surface area contributed by atoms with E-state index < -0.39 is 5.97 Å². The summed E-state index contributed by atoms with van der Waals surface area (Å²) in [5, 5.41) is 12.0. The number of amides is 2. The number of hydrogen-bond donors (Lipinski definition) is 2. The van der Waals surface area contributed by atoms with E-state index in [0.29, 0.717) is 16.6 Å². The first-order chi connectivity index (χ1) is 8.88. The van der Waals surface area contributed by atoms with Crippen molar-refractivity contribution >= 4 is 35.2 Å². The molecule has 2 amide bonds. The molecule has 1 rings (SSSR count). The molecule has 1 aromatic carbocycles. The quantitative estimate of drug-likeness (QED) is 0.878. The van der Waals surface area contributed by atoms with E-state index in [4.69, 9.17) is 28.3 Å². The van der Waals surface area contributed by atoms with Crippen molar-refractivity contribution in [2.75, 3.05) is 13.6 Å². The Morgan fingerprint density at radius 3 is 2.37 bits per heavy atom. The maximum absolute atomic E-state index is 11.7. The van der Waals surface area contributed by atoms with Gasteiger partial charge in [-0.15, -0.1) is 0 Å². The molecule has 0 saturated heterocycles. The summed E-state index contributed by atoms with van der Waals surface area (Å²) in [6, 6.07) is 4.69. The largest absolute Gasteiger partial charge is 0.481 e. The van der Waals surface area contributed by atoms with Gasteiger partial charge in [0.15, 0.2) is 0 Å². The van der Waals surface area contributed by atoms with Crippen molar-refractivity contribution in [1.29, 1.82) is 0 Å². The van der Waals surface area contributed by atoms with Crippen LogP contribution in [0.1, 0.15) is 12.0 Å². The fourth-order valence-corrected chi connectivity index (χ4v) is 2.03. The molecule has 1 aromatic rings. The highest BCUT2D eigenvalue weighted by Gasteiger charge is 2.10. The minimum atomic E-state index is -0.954. The Morgan fingerprint density at radius 2 is 1.84 bits per heavy atom. The maximum Gasteiger partial charge on any atom is 0.317 e. The number of nitrogens with one attached hydrogen (secondary N) is 1. The molecule has 0 aliphatic rings. The minimum Gasteiger partial charge on any atom is -0.481 e. The van der Waals surface area contributed by atoms with Crippen molar-refractivity contribution in [3.63, 3.8) is 0 Å². The third kappa shape index (κ3) is 5.81. The number of carboxylic acids is 1. The lowest BCUT2D eigenvalue weighted by molar-refractivity contribution is -0.136. The summed E-state index contributed by atoms with van der Waals surface area (Å²) >= 11 is 11.7. The lowest BCUT2D eigenvalue weighted by Crippen LogP contribution is -2.37. The molecule has 104 valence electrons. The Labute approximate surface area is 121 Å². The van der Waals surface area contributed by atoms with Crippen LogP contribution in [0.4, 0.5) is 4.79 Å². The summed E-state index contributed by atoms with van der Waals surface area (Å²) in [6.45, 7) is 0.425. The molecule has 5 nitrogen and oxygen atoms in total. The van der Waals surface area contributed by atoms with E-state index >= 15 is 0 Å². The fourth-order valence-electron chi connectivity index (χ4n) is 1.46. The predicted molar refractivity (Wildman–Crippen MR) is 73.6 cm³/mol. The monoisotopic (exact) mass is 304 g/mol. The van der Waals surface area contributed by atoms with Crippen molar-refractivity contribution in [1.82, 2.24) is 10.2 Å². The van der Waals surface area contributed by atoms with Gasteiger partial charge < -0.3 is 15.3 Å². The number of carbonyl (C=O) groups excluding carboxylic acids is 1. The van der Waals surface area contributed by atoms with Gasteiger partial charge in [0.2, 0.25) is 0 Å². The Hall–Kier alpha value is -1.46. The number of aliphatic carboxylic acids is 1. The van der Waals surface area contributed by atoms with Gasteiger partial charge in [-0.25, -0.2) is 4.79 Å². The number of carbonyl (C=O) groups is 2. The van der Waals surface area contributed by atoms with E-state index in [0.717, 1.165) is 5.56 Å². The standard InChI is InChI=1S/C12H14Cl2N2O3/c1-16(12(19)15-3-2-11(17)18)7-8-4-9(13)6-10(14)5-8/h4-6H,2-3,7H2,1H3,(H,15,19)(H,17,18). The van der Waals surface area contributed by atoms with Crippen LogP contribution in [0.25, 0.3) is 0 Å². The second-order valence-corrected chi connectivity index (χ2v) is 4.88. The third-order valence-electron chi connectivity index (χ3n) is 2.30. The maximum atomic E-state index is 11.7. The number of benzene rings is 1. The Kier molecular flexibility index (Phi) is 5.92. The van der Waals surface area contributed by atoms with Crippen LogP contribution in [0.5, 0.6) is 0 Å². The second kappa shape index (κ2) is 7.21. The van der Waals surface area contributed by atoms with E-state index in [1.54, 1.807) is 25.2 Å². The summed E-state index contributed by atoms with van der Waals surface area (Å²) in [6.07, 6.45) is -0.109. The normalized spacial score (nSPS) is 10.1. The van der Waals surface area contributed by atoms with E-state index in [2.05, 4.69) is 5.32 Å². The van der Waals surface area contributed by atoms with Crippen LogP contribution in [-0.2, 0) is 11.3 Å². The van der Waals surface area contributed by atoms with E-state index in [-0.39, 0.29) is 19.0 Å². The highest BCUT2D eigenvalue weighted by molar-refractivity contribution is 6.34. The van der Waals surface area contributed by atoms with Crippen LogP contribution >= 0.6 is 23.2 Å². The Bertz CT molecular complexity index is 460. The molecule has 2 N–H and O–H groups in total. The first-order valence-electron chi connectivity index (χ1n) is 5.54. The van der Waals surface area contributed by atoms with Crippen molar-refractivity contribution in [3.05, 3.63) is 33.8 Å². The van der Waals surface area contributed by atoms with Crippen LogP contribution in [-0.4, -0.2) is 35.6 Å². The number of hydrogen-bond acceptors (Lipinski definition) is 2. The molecule has 7 heteroatoms. The molecule has 0 fully saturated rings. The van der Waals surface area contributed by atoms with Crippen LogP contribution in [0.3, 0.4) is 0 Å². The Balaban J connectivity index is 2.51. The smallest absolute Gasteiger partial charge is 0.317 e. The zero-order valence-corrected chi connectivity index (χ0v) is 11.8. The Morgan fingerprint density at radius 1 is 1.26 bits per heavy atom. The van der Waals surface area contributed by atoms with Gasteiger partial charge in [-0.2, -0.15) is 0 Å². The van der Waals surface area contributed by atoms with Crippen molar-refractivity contribution in [2.45, 2.75) is 13.0 Å². The SMILES string of the molecule is CN(Cc1cc(Cl)cc(Cl)c1)C(=O)NCCC(=O)O. The topological polar surface area (TPSA) is 69.6 Å². The van der Waals surface area contributed by atoms with Gasteiger partial charge in [-0.05, 0) is 23.8 Å². The number of urea groups is 1. The van der Waals surface area contributed by atoms with E-state index in [1.807, 2.05) is 0 Å². The lowest BCUT2D eigenvalue weighted by Gasteiger charge is -2.18. The lowest BCUT2D eigenvalue weighted by atomic mass is 10.2. The molecule has 0 unspecified atom stereocenters. The molecule has 0 heterocycles. The summed E-state index contributed by atoms with van der Waals surface area (Å²) in [7, 11) is 1.60. The van der Waals surface area contributed by atoms with Gasteiger partial charge in [0.25, 0.3) is 0 Å². The predicted octanol–water partition coefficient (Wildman–Crippen LogP) is 2.61. The van der Waals surface area contributed by atoms with Crippen LogP contribution in [0.15, 0.2) is 18.2 Å². The van der Waals surface area contributed by atoms with Crippen molar-refractivity contribution in [3.8, 4) is 0 Å². The van der Waals surface area contributed by atoms with Gasteiger partial charge in [0.05, 0.1) is 6.42 Å². The molecule has 0 aromatic heterocycles. The second-order valence-electron chi connectivity index (χ2n) is 4.01. The number of carboxylic acid groups (broad SMARTS) is 1. The van der Waals surface area contributed by atoms with E-state index in [1.165, 1.54) is 4.90 Å². The molecule has 0 aliphatic heterocycles. The zero-order valence-electron chi connectivity index (χ0n) is 10.3. The fraction of sp³-hybridized carbons (Fsp3) is 0.333. The van der Waals surface area contributed by atoms with E-state index in [9.17, 15) is 9.59 Å². The molecule has 0 bridgehead atoms. The van der Waals surface area contributed by atoms with Gasteiger partial charge in [0, 0.05) is 30.2 Å². The highest BCUT2D eigenvalue weighted by atomic mass is 35.5. The van der Waals surface area contributed by atoms with Crippen LogP contribution in [0.2, 0.25) is 10.0 Å². The first-order valence-corrected chi connectivity index (χ1v) is 6.30. The summed E-state index contributed by atoms with van der Waals surface area (Å²) in [4.78, 5) is 23.4. The van der Waals surface area contributed by atoms with Gasteiger partial charge in [-0.1, -0.05) is 23.2 Å². The van der Waals surface area contributed by atoms with Crippen molar-refractivity contribution in [2.24, 2.45) is 0 Å². The number of rotatable bonds is 5. The first kappa shape index (κ1) is 15.6. The molecular formula is C12H14Cl2N2O3. The van der Waals surface area contributed by atoms with Crippen LogP contribution in [0, 0.1) is 0 Å². The molecule has 0 atom stereocenters. The molecule has 19 heavy (non-hydrogen) atoms. The summed E-state index contributed by atoms with van der Waals surface area (Å²) < 4.78 is 0. The van der Waals surface area contributed by atoms with Crippen LogP contribution < -0.4 is 5.32 Å². The molecule has 0 aliphatic carbocycles. The molecule has 0 saturated carbocycles. The van der Waals surface area contributed by atoms with Gasteiger partial charge in [0.1, 0.15) is 0 Å². The zero-order chi connectivity index (χ0) is 14.4. The number of halogens is 2. The molecule has 0 radical (unpaired) electrons. The average molecular weight is 305 g/mol. The summed E-state index contributed by atoms with van der Waals surface area (Å²) in [5.74, 6) is -0.954. The average Bonchev–Trinajstić information content (AvgIpc) is 2.26. The number of nitrogens with zero attached hydrogens (tertiary/aromatic N) is 1. The van der Waals surface area contributed by atoms with Gasteiger partial charge >= 0.3 is 12.0 Å². The third-order valence-corrected chi connectivity index (χ3v) is 2.74. The van der Waals surface area contributed by atoms with Gasteiger partial charge in [-0.3, -0.25) is 4.79 Å². The molecule has 0 spiro atoms. The minimum absolute atomic E-state index is 0.0921. The molecular weight excluding hydrogens is 291 g/mol. The summed E-state index contributed by atoms with van der Waals surface area (Å²) in [5.41, 5.74) is 0.799. The van der Waals surface area contributed by atoms with Crippen molar-refractivity contribution < 1.29 is 14.7 Å².